The molecule has 0 aliphatic rings. The number of carbonyl (C=O) groups excluding carboxylic acids is 2. The van der Waals surface area contributed by atoms with Gasteiger partial charge in [0.15, 0.2) is 5.69 Å². The zero-order chi connectivity index (χ0) is 24.4. The Hall–Kier alpha value is -3.36. The first-order valence-electron chi connectivity index (χ1n) is 8.74. The van der Waals surface area contributed by atoms with Gasteiger partial charge >= 0.3 is 0 Å². The minimum Gasteiger partial charge on any atom is -0.494 e. The fourth-order valence-electron chi connectivity index (χ4n) is 2.71. The smallest absolute Gasteiger partial charge is 0.296 e. The van der Waals surface area contributed by atoms with Crippen LogP contribution in [0, 0.1) is 6.92 Å². The van der Waals surface area contributed by atoms with Gasteiger partial charge in [-0.1, -0.05) is 6.58 Å². The van der Waals surface area contributed by atoms with Gasteiger partial charge in [-0.05, 0) is 48.0 Å². The van der Waals surface area contributed by atoms with Crippen molar-refractivity contribution >= 4 is 54.9 Å². The molecular formula is C18H18BrN5O7S. The minimum absolute atomic E-state index is 0.00153. The molecular weight excluding hydrogens is 510 g/mol. The second-order valence-corrected chi connectivity index (χ2v) is 8.65. The van der Waals surface area contributed by atoms with E-state index in [1.165, 1.54) is 19.9 Å². The van der Waals surface area contributed by atoms with Crippen LogP contribution in [0.4, 0.5) is 17.1 Å². The molecule has 170 valence electrons. The molecule has 32 heavy (non-hydrogen) atoms. The number of aromatic nitrogens is 1. The fourth-order valence-corrected chi connectivity index (χ4v) is 3.41. The van der Waals surface area contributed by atoms with Crippen molar-refractivity contribution in [2.45, 2.75) is 25.3 Å². The minimum atomic E-state index is -4.75. The Morgan fingerprint density at radius 2 is 1.94 bits per heavy atom. The van der Waals surface area contributed by atoms with E-state index in [-0.39, 0.29) is 33.5 Å². The highest BCUT2D eigenvalue weighted by Crippen LogP contribution is 2.31. The first kappa shape index (κ1) is 24.9. The highest BCUT2D eigenvalue weighted by atomic mass is 79.9. The molecule has 0 fully saturated rings. The Labute approximate surface area is 190 Å². The highest BCUT2D eigenvalue weighted by Gasteiger charge is 2.23. The molecule has 0 atom stereocenters. The number of nitrogens with one attached hydrogen (secondary N) is 1. The van der Waals surface area contributed by atoms with Gasteiger partial charge in [0.25, 0.3) is 27.5 Å². The molecule has 5 N–H and O–H groups in total. The maximum Gasteiger partial charge on any atom is 0.296 e. The van der Waals surface area contributed by atoms with Crippen LogP contribution in [0.5, 0.6) is 5.88 Å². The van der Waals surface area contributed by atoms with Crippen molar-refractivity contribution < 1.29 is 27.7 Å². The van der Waals surface area contributed by atoms with Gasteiger partial charge in [-0.3, -0.25) is 23.5 Å². The molecule has 2 amide bonds. The third-order valence-electron chi connectivity index (χ3n) is 4.22. The first-order chi connectivity index (χ1) is 14.8. The SMILES string of the molecule is C=C(Br)C(=O)Nc1ccc(S(=O)(=O)O)c(N=Nc2c(C)c(C(N)=O)c(O)n(CC)c2=O)c1. The number of benzene rings is 1. The van der Waals surface area contributed by atoms with E-state index in [1.54, 1.807) is 0 Å². The van der Waals surface area contributed by atoms with Crippen LogP contribution in [-0.2, 0) is 21.5 Å². The number of nitrogens with two attached hydrogens (primary N) is 1. The zero-order valence-electron chi connectivity index (χ0n) is 16.8. The number of hydrogen-bond acceptors (Lipinski definition) is 8. The molecule has 0 unspecified atom stereocenters. The molecule has 0 aliphatic heterocycles. The van der Waals surface area contributed by atoms with Crippen LogP contribution in [0.2, 0.25) is 0 Å². The number of primary amides is 1. The summed E-state index contributed by atoms with van der Waals surface area (Å²) in [6.07, 6.45) is 0. The van der Waals surface area contributed by atoms with Crippen molar-refractivity contribution in [3.8, 4) is 5.88 Å². The zero-order valence-corrected chi connectivity index (χ0v) is 19.2. The maximum atomic E-state index is 12.7. The Bertz CT molecular complexity index is 1330. The number of amides is 2. The van der Waals surface area contributed by atoms with E-state index in [0.717, 1.165) is 16.7 Å². The molecule has 0 bridgehead atoms. The van der Waals surface area contributed by atoms with E-state index < -0.39 is 44.0 Å². The number of halogens is 1. The van der Waals surface area contributed by atoms with Gasteiger partial charge in [-0.25, -0.2) is 0 Å². The van der Waals surface area contributed by atoms with Crippen molar-refractivity contribution in [2.75, 3.05) is 5.32 Å². The van der Waals surface area contributed by atoms with Crippen molar-refractivity contribution in [2.24, 2.45) is 16.0 Å². The molecule has 1 aromatic carbocycles. The summed E-state index contributed by atoms with van der Waals surface area (Å²) in [5.74, 6) is -2.28. The molecule has 0 aliphatic carbocycles. The lowest BCUT2D eigenvalue weighted by molar-refractivity contribution is -0.112. The second kappa shape index (κ2) is 9.42. The monoisotopic (exact) mass is 527 g/mol. The second-order valence-electron chi connectivity index (χ2n) is 6.30. The van der Waals surface area contributed by atoms with E-state index in [9.17, 15) is 32.5 Å². The topological polar surface area (TPSA) is 194 Å². The lowest BCUT2D eigenvalue weighted by Crippen LogP contribution is -2.25. The number of anilines is 1. The highest BCUT2D eigenvalue weighted by molar-refractivity contribution is 9.12. The molecule has 1 heterocycles. The normalized spacial score (nSPS) is 11.5. The van der Waals surface area contributed by atoms with E-state index >= 15 is 0 Å². The van der Waals surface area contributed by atoms with E-state index in [4.69, 9.17) is 5.73 Å². The lowest BCUT2D eigenvalue weighted by atomic mass is 10.1. The fraction of sp³-hybridized carbons (Fsp3) is 0.167. The largest absolute Gasteiger partial charge is 0.494 e. The quantitative estimate of drug-likeness (QED) is 0.241. The number of hydrogen-bond donors (Lipinski definition) is 4. The van der Waals surface area contributed by atoms with Crippen LogP contribution in [0.25, 0.3) is 0 Å². The number of carbonyl (C=O) groups is 2. The standard InChI is InChI=1S/C18H18BrN5O7S/c1-4-24-17(27)13(15(20)25)8(2)14(18(24)28)23-22-11-7-10(21-16(26)9(3)19)5-6-12(11)32(29,30)31/h5-7,27H,3-4H2,1-2H3,(H2,20,25)(H,21,26)(H,29,30,31). The summed E-state index contributed by atoms with van der Waals surface area (Å²) in [5.41, 5.74) is 3.32. The van der Waals surface area contributed by atoms with E-state index in [1.807, 2.05) is 0 Å². The van der Waals surface area contributed by atoms with Gasteiger partial charge in [0.1, 0.15) is 16.1 Å². The molecule has 1 aromatic heterocycles. The number of nitrogens with zero attached hydrogens (tertiary/aromatic N) is 3. The molecule has 2 rings (SSSR count). The summed E-state index contributed by atoms with van der Waals surface area (Å²) in [6.45, 7) is 6.21. The van der Waals surface area contributed by atoms with Gasteiger partial charge in [-0.15, -0.1) is 10.2 Å². The predicted molar refractivity (Wildman–Crippen MR) is 118 cm³/mol. The maximum absolute atomic E-state index is 12.7. The van der Waals surface area contributed by atoms with Gasteiger partial charge in [0, 0.05) is 17.8 Å². The predicted octanol–water partition coefficient (Wildman–Crippen LogP) is 2.49. The van der Waals surface area contributed by atoms with E-state index in [0.29, 0.717) is 0 Å². The van der Waals surface area contributed by atoms with Gasteiger partial charge in [-0.2, -0.15) is 8.42 Å². The Kier molecular flexibility index (Phi) is 7.33. The summed E-state index contributed by atoms with van der Waals surface area (Å²) in [6, 6.07) is 3.25. The third-order valence-corrected chi connectivity index (χ3v) is 5.48. The summed E-state index contributed by atoms with van der Waals surface area (Å²) in [4.78, 5) is 35.5. The van der Waals surface area contributed by atoms with Crippen LogP contribution in [0.1, 0.15) is 22.8 Å². The first-order valence-corrected chi connectivity index (χ1v) is 11.0. The summed E-state index contributed by atoms with van der Waals surface area (Å²) >= 11 is 2.90. The number of aromatic hydroxyl groups is 1. The number of rotatable bonds is 7. The van der Waals surface area contributed by atoms with Crippen molar-refractivity contribution in [3.63, 3.8) is 0 Å². The Morgan fingerprint density at radius 3 is 2.44 bits per heavy atom. The number of pyridine rings is 1. The molecule has 0 saturated heterocycles. The average molecular weight is 528 g/mol. The Morgan fingerprint density at radius 1 is 1.31 bits per heavy atom. The van der Waals surface area contributed by atoms with Crippen LogP contribution in [-0.4, -0.2) is 34.5 Å². The average Bonchev–Trinajstić information content (AvgIpc) is 2.67. The van der Waals surface area contributed by atoms with Gasteiger partial charge < -0.3 is 16.2 Å². The molecule has 14 heteroatoms. The molecule has 12 nitrogen and oxygen atoms in total. The van der Waals surface area contributed by atoms with Gasteiger partial charge in [0.05, 0.1) is 4.48 Å². The summed E-state index contributed by atoms with van der Waals surface area (Å²) < 4.78 is 33.7. The molecule has 0 radical (unpaired) electrons. The van der Waals surface area contributed by atoms with Crippen molar-refractivity contribution in [1.82, 2.24) is 4.57 Å². The van der Waals surface area contributed by atoms with Crippen LogP contribution >= 0.6 is 15.9 Å². The van der Waals surface area contributed by atoms with Crippen molar-refractivity contribution in [3.05, 3.63) is 50.7 Å². The van der Waals surface area contributed by atoms with Crippen molar-refractivity contribution in [1.29, 1.82) is 0 Å². The summed E-state index contributed by atoms with van der Waals surface area (Å²) in [7, 11) is -4.75. The van der Waals surface area contributed by atoms with Crippen LogP contribution in [0.3, 0.4) is 0 Å². The third kappa shape index (κ3) is 5.09. The van der Waals surface area contributed by atoms with E-state index in [2.05, 4.69) is 38.1 Å². The van der Waals surface area contributed by atoms with Crippen LogP contribution < -0.4 is 16.6 Å². The molecule has 0 spiro atoms. The number of azo groups is 1. The lowest BCUT2D eigenvalue weighted by Gasteiger charge is -2.13. The summed E-state index contributed by atoms with van der Waals surface area (Å²) in [5, 5.41) is 20.1. The molecule has 0 saturated carbocycles. The molecule has 2 aromatic rings. The Balaban J connectivity index is 2.73. The van der Waals surface area contributed by atoms with Gasteiger partial charge in [0.2, 0.25) is 5.88 Å². The van der Waals surface area contributed by atoms with Crippen LogP contribution in [0.15, 0.2) is 49.2 Å².